The van der Waals surface area contributed by atoms with Crippen LogP contribution in [-0.2, 0) is 10.0 Å². The van der Waals surface area contributed by atoms with Gasteiger partial charge in [0, 0.05) is 6.07 Å². The van der Waals surface area contributed by atoms with Crippen LogP contribution in [0.15, 0.2) is 59.5 Å². The van der Waals surface area contributed by atoms with Crippen LogP contribution in [-0.4, -0.2) is 19.9 Å². The van der Waals surface area contributed by atoms with Gasteiger partial charge in [0.15, 0.2) is 5.75 Å². The standard InChI is InChI=1S/C15H14N2O5S/c16-23(20,21)13-8-9-15(14(11-13)17(18)19)22-10-4-7-12-5-2-1-3-6-12/h1-9,11H,10H2,(H2,16,20,21). The van der Waals surface area contributed by atoms with Crippen molar-refractivity contribution >= 4 is 21.8 Å². The van der Waals surface area contributed by atoms with Crippen LogP contribution in [0, 0.1) is 10.1 Å². The first kappa shape index (κ1) is 16.7. The third-order valence-electron chi connectivity index (χ3n) is 2.90. The van der Waals surface area contributed by atoms with Crippen LogP contribution in [0.3, 0.4) is 0 Å². The monoisotopic (exact) mass is 334 g/mol. The van der Waals surface area contributed by atoms with Crippen molar-refractivity contribution in [2.24, 2.45) is 5.14 Å². The molecule has 0 unspecified atom stereocenters. The number of ether oxygens (including phenoxy) is 1. The Morgan fingerprint density at radius 3 is 2.48 bits per heavy atom. The van der Waals surface area contributed by atoms with Gasteiger partial charge in [0.25, 0.3) is 0 Å². The lowest BCUT2D eigenvalue weighted by molar-refractivity contribution is -0.386. The maximum atomic E-state index is 11.2. The van der Waals surface area contributed by atoms with Gasteiger partial charge >= 0.3 is 5.69 Å². The summed E-state index contributed by atoms with van der Waals surface area (Å²) in [6.45, 7) is 0.102. The highest BCUT2D eigenvalue weighted by atomic mass is 32.2. The number of nitrogens with zero attached hydrogens (tertiary/aromatic N) is 1. The van der Waals surface area contributed by atoms with Crippen molar-refractivity contribution in [3.8, 4) is 5.75 Å². The van der Waals surface area contributed by atoms with E-state index in [1.54, 1.807) is 6.08 Å². The highest BCUT2D eigenvalue weighted by molar-refractivity contribution is 7.89. The fraction of sp³-hybridized carbons (Fsp3) is 0.0667. The van der Waals surface area contributed by atoms with E-state index in [4.69, 9.17) is 9.88 Å². The summed E-state index contributed by atoms with van der Waals surface area (Å²) >= 11 is 0. The predicted molar refractivity (Wildman–Crippen MR) is 85.4 cm³/mol. The van der Waals surface area contributed by atoms with E-state index in [0.29, 0.717) is 0 Å². The number of nitrogens with two attached hydrogens (primary N) is 1. The van der Waals surface area contributed by atoms with Gasteiger partial charge in [0.2, 0.25) is 10.0 Å². The van der Waals surface area contributed by atoms with E-state index in [1.807, 2.05) is 36.4 Å². The van der Waals surface area contributed by atoms with E-state index in [2.05, 4.69) is 0 Å². The summed E-state index contributed by atoms with van der Waals surface area (Å²) in [5.74, 6) is -0.0277. The zero-order chi connectivity index (χ0) is 16.9. The van der Waals surface area contributed by atoms with Crippen molar-refractivity contribution in [2.45, 2.75) is 4.90 Å². The van der Waals surface area contributed by atoms with Crippen LogP contribution in [0.1, 0.15) is 5.56 Å². The van der Waals surface area contributed by atoms with Gasteiger partial charge in [-0.05, 0) is 23.8 Å². The molecule has 2 rings (SSSR count). The third kappa shape index (κ3) is 4.63. The molecule has 0 fully saturated rings. The number of nitro benzene ring substituents is 1. The van der Waals surface area contributed by atoms with Gasteiger partial charge < -0.3 is 4.74 Å². The van der Waals surface area contributed by atoms with Gasteiger partial charge in [-0.25, -0.2) is 13.6 Å². The molecule has 8 heteroatoms. The minimum absolute atomic E-state index is 0.0277. The number of hydrogen-bond donors (Lipinski definition) is 1. The lowest BCUT2D eigenvalue weighted by Crippen LogP contribution is -2.12. The first-order chi connectivity index (χ1) is 10.9. The Kier molecular flexibility index (Phi) is 5.09. The van der Waals surface area contributed by atoms with Gasteiger partial charge in [-0.15, -0.1) is 0 Å². The number of sulfonamides is 1. The third-order valence-corrected chi connectivity index (χ3v) is 3.81. The molecule has 0 heterocycles. The summed E-state index contributed by atoms with van der Waals surface area (Å²) < 4.78 is 27.8. The first-order valence-corrected chi connectivity index (χ1v) is 8.08. The lowest BCUT2D eigenvalue weighted by Gasteiger charge is -2.05. The van der Waals surface area contributed by atoms with E-state index in [9.17, 15) is 18.5 Å². The number of primary sulfonamides is 1. The predicted octanol–water partition coefficient (Wildman–Crippen LogP) is 2.33. The molecule has 0 radical (unpaired) electrons. The van der Waals surface area contributed by atoms with Gasteiger partial charge in [0.05, 0.1) is 9.82 Å². The molecule has 0 atom stereocenters. The number of rotatable bonds is 6. The van der Waals surface area contributed by atoms with Gasteiger partial charge in [-0.2, -0.15) is 0 Å². The number of hydrogen-bond acceptors (Lipinski definition) is 5. The zero-order valence-electron chi connectivity index (χ0n) is 12.0. The Balaban J connectivity index is 2.13. The first-order valence-electron chi connectivity index (χ1n) is 6.53. The topological polar surface area (TPSA) is 113 Å². The van der Waals surface area contributed by atoms with E-state index >= 15 is 0 Å². The summed E-state index contributed by atoms with van der Waals surface area (Å²) in [5.41, 5.74) is 0.514. The Hall–Kier alpha value is -2.71. The molecule has 2 aromatic rings. The molecule has 0 saturated heterocycles. The average Bonchev–Trinajstić information content (AvgIpc) is 2.51. The molecule has 0 aliphatic heterocycles. The average molecular weight is 334 g/mol. The molecule has 0 aliphatic carbocycles. The van der Waals surface area contributed by atoms with Crippen molar-refractivity contribution in [1.29, 1.82) is 0 Å². The van der Waals surface area contributed by atoms with Crippen molar-refractivity contribution in [1.82, 2.24) is 0 Å². The largest absolute Gasteiger partial charge is 0.483 e. The van der Waals surface area contributed by atoms with E-state index < -0.39 is 20.6 Å². The van der Waals surface area contributed by atoms with Gasteiger partial charge in [0.1, 0.15) is 6.61 Å². The van der Waals surface area contributed by atoms with E-state index in [-0.39, 0.29) is 17.3 Å². The molecule has 0 saturated carbocycles. The van der Waals surface area contributed by atoms with Crippen LogP contribution >= 0.6 is 0 Å². The minimum atomic E-state index is -4.01. The van der Waals surface area contributed by atoms with Gasteiger partial charge in [-0.1, -0.05) is 36.4 Å². The molecular weight excluding hydrogens is 320 g/mol. The fourth-order valence-electron chi connectivity index (χ4n) is 1.83. The zero-order valence-corrected chi connectivity index (χ0v) is 12.8. The summed E-state index contributed by atoms with van der Waals surface area (Å²) in [6, 6.07) is 12.7. The molecule has 0 bridgehead atoms. The molecule has 0 amide bonds. The van der Waals surface area contributed by atoms with Crippen molar-refractivity contribution in [2.75, 3.05) is 6.61 Å². The van der Waals surface area contributed by atoms with Crippen LogP contribution in [0.25, 0.3) is 6.08 Å². The Morgan fingerprint density at radius 1 is 1.17 bits per heavy atom. The second-order valence-electron chi connectivity index (χ2n) is 4.56. The normalized spacial score (nSPS) is 11.5. The Morgan fingerprint density at radius 2 is 1.87 bits per heavy atom. The Labute approximate surface area is 133 Å². The molecule has 0 aliphatic rings. The maximum absolute atomic E-state index is 11.2. The highest BCUT2D eigenvalue weighted by Gasteiger charge is 2.19. The fourth-order valence-corrected chi connectivity index (χ4v) is 2.36. The lowest BCUT2D eigenvalue weighted by atomic mass is 10.2. The quantitative estimate of drug-likeness (QED) is 0.643. The molecule has 0 aromatic heterocycles. The van der Waals surface area contributed by atoms with Crippen molar-refractivity contribution in [3.63, 3.8) is 0 Å². The SMILES string of the molecule is NS(=O)(=O)c1ccc(OCC=Cc2ccccc2)c([N+](=O)[O-])c1. The van der Waals surface area contributed by atoms with E-state index in [1.165, 1.54) is 12.1 Å². The van der Waals surface area contributed by atoms with Crippen molar-refractivity contribution < 1.29 is 18.1 Å². The molecule has 0 spiro atoms. The maximum Gasteiger partial charge on any atom is 0.312 e. The molecular formula is C15H14N2O5S. The van der Waals surface area contributed by atoms with Gasteiger partial charge in [-0.3, -0.25) is 10.1 Å². The smallest absolute Gasteiger partial charge is 0.312 e. The number of nitro groups is 1. The van der Waals surface area contributed by atoms with Crippen LogP contribution in [0.2, 0.25) is 0 Å². The Bertz CT molecular complexity index is 832. The summed E-state index contributed by atoms with van der Waals surface area (Å²) in [7, 11) is -4.01. The second kappa shape index (κ2) is 7.03. The summed E-state index contributed by atoms with van der Waals surface area (Å²) in [4.78, 5) is 9.97. The summed E-state index contributed by atoms with van der Waals surface area (Å²) in [5, 5.41) is 16.0. The molecule has 2 N–H and O–H groups in total. The molecule has 23 heavy (non-hydrogen) atoms. The molecule has 7 nitrogen and oxygen atoms in total. The highest BCUT2D eigenvalue weighted by Crippen LogP contribution is 2.29. The second-order valence-corrected chi connectivity index (χ2v) is 6.12. The number of benzene rings is 2. The summed E-state index contributed by atoms with van der Waals surface area (Å²) in [6.07, 6.45) is 3.51. The van der Waals surface area contributed by atoms with E-state index in [0.717, 1.165) is 11.6 Å². The minimum Gasteiger partial charge on any atom is -0.483 e. The molecule has 2 aromatic carbocycles. The van der Waals surface area contributed by atoms with Crippen LogP contribution in [0.5, 0.6) is 5.75 Å². The van der Waals surface area contributed by atoms with Crippen LogP contribution < -0.4 is 9.88 Å². The van der Waals surface area contributed by atoms with Crippen molar-refractivity contribution in [3.05, 3.63) is 70.3 Å². The van der Waals surface area contributed by atoms with Crippen LogP contribution in [0.4, 0.5) is 5.69 Å². The molecule has 120 valence electrons.